The van der Waals surface area contributed by atoms with Crippen LogP contribution in [0.1, 0.15) is 18.0 Å². The monoisotopic (exact) mass is 333 g/mol. The largest absolute Gasteiger partial charge is 0.497 e. The first-order valence-electron chi connectivity index (χ1n) is 6.94. The first kappa shape index (κ1) is 15.4. The minimum absolute atomic E-state index is 0.155. The first-order chi connectivity index (χ1) is 10.9. The van der Waals surface area contributed by atoms with Gasteiger partial charge in [0.25, 0.3) is 10.0 Å². The molecule has 2 aromatic carbocycles. The van der Waals surface area contributed by atoms with Crippen LogP contribution in [0.15, 0.2) is 53.4 Å². The lowest BCUT2D eigenvalue weighted by molar-refractivity contribution is -0.137. The Morgan fingerprint density at radius 3 is 2.43 bits per heavy atom. The van der Waals surface area contributed by atoms with Crippen LogP contribution in [0, 0.1) is 0 Å². The number of hydrogen-bond donors (Lipinski definition) is 1. The molecular weight excluding hydrogens is 318 g/mol. The van der Waals surface area contributed by atoms with Gasteiger partial charge >= 0.3 is 5.97 Å². The van der Waals surface area contributed by atoms with E-state index >= 15 is 0 Å². The third-order valence-corrected chi connectivity index (χ3v) is 5.70. The molecule has 1 heterocycles. The van der Waals surface area contributed by atoms with Crippen LogP contribution in [-0.2, 0) is 14.8 Å². The Kier molecular flexibility index (Phi) is 3.73. The number of ether oxygens (including phenoxy) is 1. The summed E-state index contributed by atoms with van der Waals surface area (Å²) in [6.07, 6.45) is -0.303. The van der Waals surface area contributed by atoms with Crippen molar-refractivity contribution in [3.05, 3.63) is 54.1 Å². The SMILES string of the molecule is COc1ccc(N2C(CC(=O)O)c3ccccc3S2(=O)=O)cc1. The maximum Gasteiger partial charge on any atom is 0.305 e. The lowest BCUT2D eigenvalue weighted by atomic mass is 10.0. The highest BCUT2D eigenvalue weighted by Gasteiger charge is 2.43. The summed E-state index contributed by atoms with van der Waals surface area (Å²) in [5, 5.41) is 9.18. The zero-order chi connectivity index (χ0) is 16.6. The Bertz CT molecular complexity index is 845. The summed E-state index contributed by atoms with van der Waals surface area (Å²) in [6, 6.07) is 12.2. The number of carboxylic acids is 1. The fourth-order valence-corrected chi connectivity index (χ4v) is 4.68. The topological polar surface area (TPSA) is 83.9 Å². The number of aliphatic carboxylic acids is 1. The number of benzene rings is 2. The highest BCUT2D eigenvalue weighted by Crippen LogP contribution is 2.44. The number of carboxylic acid groups (broad SMARTS) is 1. The van der Waals surface area contributed by atoms with Crippen molar-refractivity contribution in [2.75, 3.05) is 11.4 Å². The van der Waals surface area contributed by atoms with E-state index in [1.807, 2.05) is 0 Å². The number of methoxy groups -OCH3 is 1. The number of rotatable bonds is 4. The van der Waals surface area contributed by atoms with Gasteiger partial charge in [0.1, 0.15) is 5.75 Å². The highest BCUT2D eigenvalue weighted by atomic mass is 32.2. The van der Waals surface area contributed by atoms with E-state index in [9.17, 15) is 18.3 Å². The van der Waals surface area contributed by atoms with Crippen LogP contribution in [0.2, 0.25) is 0 Å². The third-order valence-electron chi connectivity index (χ3n) is 3.79. The molecule has 3 rings (SSSR count). The van der Waals surface area contributed by atoms with E-state index in [1.54, 1.807) is 42.5 Å². The Labute approximate surface area is 134 Å². The molecule has 1 aliphatic heterocycles. The molecule has 120 valence electrons. The Hall–Kier alpha value is -2.54. The van der Waals surface area contributed by atoms with E-state index in [4.69, 9.17) is 4.74 Å². The zero-order valence-electron chi connectivity index (χ0n) is 12.3. The third kappa shape index (κ3) is 2.53. The van der Waals surface area contributed by atoms with Crippen molar-refractivity contribution in [3.63, 3.8) is 0 Å². The molecule has 6 nitrogen and oxygen atoms in total. The van der Waals surface area contributed by atoms with Crippen molar-refractivity contribution in [2.24, 2.45) is 0 Å². The summed E-state index contributed by atoms with van der Waals surface area (Å²) in [5.41, 5.74) is 0.916. The summed E-state index contributed by atoms with van der Waals surface area (Å²) in [6.45, 7) is 0. The maximum absolute atomic E-state index is 12.8. The van der Waals surface area contributed by atoms with E-state index in [-0.39, 0.29) is 11.3 Å². The van der Waals surface area contributed by atoms with Gasteiger partial charge < -0.3 is 9.84 Å². The van der Waals surface area contributed by atoms with Crippen LogP contribution in [0.3, 0.4) is 0 Å². The fourth-order valence-electron chi connectivity index (χ4n) is 2.80. The molecule has 0 saturated heterocycles. The van der Waals surface area contributed by atoms with Crippen LogP contribution >= 0.6 is 0 Å². The van der Waals surface area contributed by atoms with Gasteiger partial charge in [-0.05, 0) is 35.9 Å². The van der Waals surface area contributed by atoms with Crippen LogP contribution < -0.4 is 9.04 Å². The van der Waals surface area contributed by atoms with Gasteiger partial charge in [-0.1, -0.05) is 18.2 Å². The molecule has 0 saturated carbocycles. The summed E-state index contributed by atoms with van der Waals surface area (Å²) in [5.74, 6) is -0.460. The van der Waals surface area contributed by atoms with E-state index in [2.05, 4.69) is 0 Å². The minimum Gasteiger partial charge on any atom is -0.497 e. The fraction of sp³-hybridized carbons (Fsp3) is 0.188. The second kappa shape index (κ2) is 5.58. The molecule has 23 heavy (non-hydrogen) atoms. The number of sulfonamides is 1. The van der Waals surface area contributed by atoms with Gasteiger partial charge in [0.2, 0.25) is 0 Å². The predicted molar refractivity (Wildman–Crippen MR) is 84.1 cm³/mol. The quantitative estimate of drug-likeness (QED) is 0.929. The van der Waals surface area contributed by atoms with Crippen LogP contribution in [0.25, 0.3) is 0 Å². The smallest absolute Gasteiger partial charge is 0.305 e. The molecule has 1 aliphatic rings. The molecule has 1 atom stereocenters. The van der Waals surface area contributed by atoms with Crippen LogP contribution in [0.4, 0.5) is 5.69 Å². The molecule has 1 unspecified atom stereocenters. The number of anilines is 1. The van der Waals surface area contributed by atoms with Gasteiger partial charge in [0.15, 0.2) is 0 Å². The van der Waals surface area contributed by atoms with E-state index in [0.717, 1.165) is 0 Å². The number of fused-ring (bicyclic) bond motifs is 1. The van der Waals surface area contributed by atoms with Gasteiger partial charge in [-0.25, -0.2) is 8.42 Å². The first-order valence-corrected chi connectivity index (χ1v) is 8.38. The highest BCUT2D eigenvalue weighted by molar-refractivity contribution is 7.93. The minimum atomic E-state index is -3.78. The van der Waals surface area contributed by atoms with Crippen molar-refractivity contribution >= 4 is 21.7 Å². The average molecular weight is 333 g/mol. The zero-order valence-corrected chi connectivity index (χ0v) is 13.2. The molecule has 1 N–H and O–H groups in total. The van der Waals surface area contributed by atoms with Gasteiger partial charge in [-0.2, -0.15) is 0 Å². The van der Waals surface area contributed by atoms with E-state index in [0.29, 0.717) is 17.0 Å². The van der Waals surface area contributed by atoms with Crippen molar-refractivity contribution in [1.29, 1.82) is 0 Å². The van der Waals surface area contributed by atoms with Crippen molar-refractivity contribution in [1.82, 2.24) is 0 Å². The number of nitrogens with zero attached hydrogens (tertiary/aromatic N) is 1. The molecule has 7 heteroatoms. The molecular formula is C16H15NO5S. The predicted octanol–water partition coefficient (Wildman–Crippen LogP) is 2.42. The number of carbonyl (C=O) groups is 1. The van der Waals surface area contributed by atoms with Gasteiger partial charge in [0, 0.05) is 0 Å². The summed E-state index contributed by atoms with van der Waals surface area (Å²) >= 11 is 0. The van der Waals surface area contributed by atoms with Gasteiger partial charge in [-0.15, -0.1) is 0 Å². The summed E-state index contributed by atoms with van der Waals surface area (Å²) in [7, 11) is -2.27. The van der Waals surface area contributed by atoms with Gasteiger partial charge in [0.05, 0.1) is 30.2 Å². The molecule has 0 spiro atoms. The maximum atomic E-state index is 12.8. The van der Waals surface area contributed by atoms with Crippen molar-refractivity contribution in [2.45, 2.75) is 17.4 Å². The number of hydrogen-bond acceptors (Lipinski definition) is 4. The second-order valence-electron chi connectivity index (χ2n) is 5.15. The lowest BCUT2D eigenvalue weighted by Crippen LogP contribution is -2.29. The standard InChI is InChI=1S/C16H15NO5S/c1-22-12-8-6-11(7-9-12)17-14(10-16(18)19)13-4-2-3-5-15(13)23(17,20)21/h2-9,14H,10H2,1H3,(H,18,19). The molecule has 0 amide bonds. The summed E-state index contributed by atoms with van der Waals surface area (Å²) in [4.78, 5) is 11.4. The lowest BCUT2D eigenvalue weighted by Gasteiger charge is -2.24. The Morgan fingerprint density at radius 2 is 1.83 bits per heavy atom. The van der Waals surface area contributed by atoms with Crippen LogP contribution in [-0.4, -0.2) is 26.6 Å². The van der Waals surface area contributed by atoms with Crippen molar-refractivity contribution < 1.29 is 23.1 Å². The molecule has 0 fully saturated rings. The van der Waals surface area contributed by atoms with Crippen molar-refractivity contribution in [3.8, 4) is 5.75 Å². The van der Waals surface area contributed by atoms with Gasteiger partial charge in [-0.3, -0.25) is 9.10 Å². The molecule has 0 bridgehead atoms. The van der Waals surface area contributed by atoms with E-state index in [1.165, 1.54) is 17.5 Å². The molecule has 0 aromatic heterocycles. The normalized spacial score (nSPS) is 18.5. The molecule has 0 radical (unpaired) electrons. The Balaban J connectivity index is 2.14. The molecule has 0 aliphatic carbocycles. The van der Waals surface area contributed by atoms with Crippen LogP contribution in [0.5, 0.6) is 5.75 Å². The second-order valence-corrected chi connectivity index (χ2v) is 6.93. The molecule has 2 aromatic rings. The Morgan fingerprint density at radius 1 is 1.17 bits per heavy atom. The van der Waals surface area contributed by atoms with E-state index < -0.39 is 22.0 Å². The summed E-state index contributed by atoms with van der Waals surface area (Å²) < 4.78 is 31.9. The average Bonchev–Trinajstić information content (AvgIpc) is 2.75.